The SMILES string of the molecule is Cc1cc(C(=O)N2CC[C@H](c3noc(-c4cccs4)n3)C2)c(C)o1. The lowest BCUT2D eigenvalue weighted by molar-refractivity contribution is 0.0788. The number of amides is 1. The lowest BCUT2D eigenvalue weighted by Crippen LogP contribution is -2.28. The van der Waals surface area contributed by atoms with Gasteiger partial charge in [-0.15, -0.1) is 11.3 Å². The van der Waals surface area contributed by atoms with Gasteiger partial charge in [-0.3, -0.25) is 4.79 Å². The van der Waals surface area contributed by atoms with Crippen LogP contribution < -0.4 is 0 Å². The third kappa shape index (κ3) is 2.65. The predicted molar refractivity (Wildman–Crippen MR) is 89.1 cm³/mol. The van der Waals surface area contributed by atoms with Gasteiger partial charge in [0.1, 0.15) is 11.5 Å². The fraction of sp³-hybridized carbons (Fsp3) is 0.353. The Balaban J connectivity index is 1.48. The Labute approximate surface area is 143 Å². The summed E-state index contributed by atoms with van der Waals surface area (Å²) in [5.74, 6) is 2.76. The highest BCUT2D eigenvalue weighted by atomic mass is 32.1. The molecule has 0 saturated carbocycles. The van der Waals surface area contributed by atoms with Gasteiger partial charge in [0.2, 0.25) is 0 Å². The van der Waals surface area contributed by atoms with Gasteiger partial charge in [0, 0.05) is 19.0 Å². The molecule has 4 rings (SSSR count). The van der Waals surface area contributed by atoms with Crippen LogP contribution in [0.5, 0.6) is 0 Å². The molecular weight excluding hydrogens is 326 g/mol. The summed E-state index contributed by atoms with van der Waals surface area (Å²) in [7, 11) is 0. The van der Waals surface area contributed by atoms with Gasteiger partial charge in [-0.1, -0.05) is 11.2 Å². The Kier molecular flexibility index (Phi) is 3.72. The Morgan fingerprint density at radius 3 is 3.00 bits per heavy atom. The Morgan fingerprint density at radius 2 is 2.29 bits per heavy atom. The van der Waals surface area contributed by atoms with Gasteiger partial charge in [0.25, 0.3) is 11.8 Å². The minimum atomic E-state index is 0.00817. The lowest BCUT2D eigenvalue weighted by Gasteiger charge is -2.15. The third-order valence-corrected chi connectivity index (χ3v) is 5.14. The van der Waals surface area contributed by atoms with Crippen molar-refractivity contribution in [2.24, 2.45) is 0 Å². The van der Waals surface area contributed by atoms with Crippen molar-refractivity contribution >= 4 is 17.2 Å². The number of rotatable bonds is 3. The Bertz CT molecular complexity index is 866. The molecule has 0 unspecified atom stereocenters. The minimum Gasteiger partial charge on any atom is -0.466 e. The van der Waals surface area contributed by atoms with Crippen molar-refractivity contribution in [1.29, 1.82) is 0 Å². The summed E-state index contributed by atoms with van der Waals surface area (Å²) in [5, 5.41) is 6.08. The van der Waals surface area contributed by atoms with Crippen LogP contribution in [0, 0.1) is 13.8 Å². The quantitative estimate of drug-likeness (QED) is 0.726. The van der Waals surface area contributed by atoms with Crippen LogP contribution in [0.1, 0.15) is 40.0 Å². The molecule has 0 bridgehead atoms. The van der Waals surface area contributed by atoms with E-state index in [9.17, 15) is 4.79 Å². The van der Waals surface area contributed by atoms with Crippen LogP contribution in [-0.2, 0) is 0 Å². The maximum atomic E-state index is 12.7. The molecule has 0 aromatic carbocycles. The molecule has 1 fully saturated rings. The van der Waals surface area contributed by atoms with E-state index in [1.165, 1.54) is 0 Å². The molecule has 0 aliphatic carbocycles. The molecular formula is C17H17N3O3S. The molecule has 1 amide bonds. The molecule has 0 radical (unpaired) electrons. The van der Waals surface area contributed by atoms with Gasteiger partial charge in [0.05, 0.1) is 10.4 Å². The van der Waals surface area contributed by atoms with Crippen molar-refractivity contribution in [2.45, 2.75) is 26.2 Å². The summed E-state index contributed by atoms with van der Waals surface area (Å²) in [6.07, 6.45) is 0.838. The monoisotopic (exact) mass is 343 g/mol. The normalized spacial score (nSPS) is 17.6. The first-order valence-electron chi connectivity index (χ1n) is 7.85. The summed E-state index contributed by atoms with van der Waals surface area (Å²) in [6, 6.07) is 5.71. The van der Waals surface area contributed by atoms with Crippen LogP contribution in [0.3, 0.4) is 0 Å². The summed E-state index contributed by atoms with van der Waals surface area (Å²) in [4.78, 5) is 20.0. The van der Waals surface area contributed by atoms with Gasteiger partial charge < -0.3 is 13.8 Å². The number of furan rings is 1. The average molecular weight is 343 g/mol. The summed E-state index contributed by atoms with van der Waals surface area (Å²) < 4.78 is 10.8. The molecule has 1 aliphatic rings. The van der Waals surface area contributed by atoms with E-state index in [0.717, 1.165) is 17.1 Å². The second kappa shape index (κ2) is 5.90. The lowest BCUT2D eigenvalue weighted by atomic mass is 10.1. The van der Waals surface area contributed by atoms with E-state index in [-0.39, 0.29) is 11.8 Å². The standard InChI is InChI=1S/C17H17N3O3S/c1-10-8-13(11(2)22-10)17(21)20-6-5-12(9-20)15-18-16(23-19-15)14-4-3-7-24-14/h3-4,7-8,12H,5-6,9H2,1-2H3/t12-/m0/s1. The van der Waals surface area contributed by atoms with Crippen LogP contribution in [0.15, 0.2) is 32.5 Å². The first-order chi connectivity index (χ1) is 11.6. The third-order valence-electron chi connectivity index (χ3n) is 4.29. The highest BCUT2D eigenvalue weighted by Gasteiger charge is 2.32. The number of thiophene rings is 1. The fourth-order valence-electron chi connectivity index (χ4n) is 3.07. The van der Waals surface area contributed by atoms with E-state index in [4.69, 9.17) is 8.94 Å². The van der Waals surface area contributed by atoms with Crippen LogP contribution in [0.2, 0.25) is 0 Å². The Hall–Kier alpha value is -2.41. The molecule has 7 heteroatoms. The van der Waals surface area contributed by atoms with Crippen LogP contribution in [0.4, 0.5) is 0 Å². The van der Waals surface area contributed by atoms with Gasteiger partial charge in [-0.25, -0.2) is 0 Å². The van der Waals surface area contributed by atoms with E-state index in [1.54, 1.807) is 17.4 Å². The van der Waals surface area contributed by atoms with Crippen LogP contribution in [-0.4, -0.2) is 34.0 Å². The number of likely N-dealkylation sites (tertiary alicyclic amines) is 1. The van der Waals surface area contributed by atoms with Crippen molar-refractivity contribution in [2.75, 3.05) is 13.1 Å². The van der Waals surface area contributed by atoms with Crippen molar-refractivity contribution in [3.63, 3.8) is 0 Å². The van der Waals surface area contributed by atoms with Crippen molar-refractivity contribution < 1.29 is 13.7 Å². The molecule has 124 valence electrons. The molecule has 3 aromatic rings. The Morgan fingerprint density at radius 1 is 1.42 bits per heavy atom. The first-order valence-corrected chi connectivity index (χ1v) is 8.73. The number of aromatic nitrogens is 2. The second-order valence-electron chi connectivity index (χ2n) is 6.00. The summed E-state index contributed by atoms with van der Waals surface area (Å²) >= 11 is 1.57. The van der Waals surface area contributed by atoms with Gasteiger partial charge in [-0.2, -0.15) is 4.98 Å². The molecule has 3 aromatic heterocycles. The number of hydrogen-bond donors (Lipinski definition) is 0. The van der Waals surface area contributed by atoms with E-state index >= 15 is 0 Å². The van der Waals surface area contributed by atoms with Crippen molar-refractivity contribution in [3.05, 3.63) is 46.5 Å². The van der Waals surface area contributed by atoms with Crippen molar-refractivity contribution in [3.8, 4) is 10.8 Å². The number of aryl methyl sites for hydroxylation is 2. The van der Waals surface area contributed by atoms with E-state index in [2.05, 4.69) is 10.1 Å². The largest absolute Gasteiger partial charge is 0.466 e. The topological polar surface area (TPSA) is 72.4 Å². The highest BCUT2D eigenvalue weighted by molar-refractivity contribution is 7.13. The smallest absolute Gasteiger partial charge is 0.267 e. The van der Waals surface area contributed by atoms with Gasteiger partial charge >= 0.3 is 0 Å². The predicted octanol–water partition coefficient (Wildman–Crippen LogP) is 3.64. The molecule has 4 heterocycles. The second-order valence-corrected chi connectivity index (χ2v) is 6.95. The zero-order chi connectivity index (χ0) is 16.7. The zero-order valence-electron chi connectivity index (χ0n) is 13.5. The van der Waals surface area contributed by atoms with Crippen LogP contribution in [0.25, 0.3) is 10.8 Å². The fourth-order valence-corrected chi connectivity index (χ4v) is 3.71. The van der Waals surface area contributed by atoms with Crippen molar-refractivity contribution in [1.82, 2.24) is 15.0 Å². The number of carbonyl (C=O) groups excluding carboxylic acids is 1. The molecule has 6 nitrogen and oxygen atoms in total. The molecule has 24 heavy (non-hydrogen) atoms. The average Bonchev–Trinajstić information content (AvgIpc) is 3.33. The first kappa shape index (κ1) is 15.1. The minimum absolute atomic E-state index is 0.00817. The molecule has 1 saturated heterocycles. The highest BCUT2D eigenvalue weighted by Crippen LogP contribution is 2.30. The molecule has 0 N–H and O–H groups in total. The molecule has 0 spiro atoms. The maximum Gasteiger partial charge on any atom is 0.267 e. The van der Waals surface area contributed by atoms with Gasteiger partial charge in [-0.05, 0) is 37.8 Å². The zero-order valence-corrected chi connectivity index (χ0v) is 14.3. The number of nitrogens with zero attached hydrogens (tertiary/aromatic N) is 3. The number of carbonyl (C=O) groups is 1. The summed E-state index contributed by atoms with van der Waals surface area (Å²) in [6.45, 7) is 4.96. The molecule has 1 atom stereocenters. The van der Waals surface area contributed by atoms with Crippen LogP contribution >= 0.6 is 11.3 Å². The maximum absolute atomic E-state index is 12.7. The van der Waals surface area contributed by atoms with E-state index in [1.807, 2.05) is 36.3 Å². The summed E-state index contributed by atoms with van der Waals surface area (Å²) in [5.41, 5.74) is 0.639. The molecule has 1 aliphatic heterocycles. The van der Waals surface area contributed by atoms with E-state index < -0.39 is 0 Å². The van der Waals surface area contributed by atoms with Gasteiger partial charge in [0.15, 0.2) is 5.82 Å². The number of hydrogen-bond acceptors (Lipinski definition) is 6. The van der Waals surface area contributed by atoms with E-state index in [0.29, 0.717) is 36.1 Å².